The lowest BCUT2D eigenvalue weighted by Gasteiger charge is -2.19. The maximum absolute atomic E-state index is 11.7. The summed E-state index contributed by atoms with van der Waals surface area (Å²) >= 11 is 0. The molecule has 1 rings (SSSR count). The van der Waals surface area contributed by atoms with Crippen LogP contribution in [0.3, 0.4) is 0 Å². The quantitative estimate of drug-likeness (QED) is 0.739. The molecule has 5 nitrogen and oxygen atoms in total. The smallest absolute Gasteiger partial charge is 0.269 e. The van der Waals surface area contributed by atoms with Crippen molar-refractivity contribution < 1.29 is 4.79 Å². The molecule has 0 aliphatic carbocycles. The van der Waals surface area contributed by atoms with Crippen LogP contribution in [0.5, 0.6) is 0 Å². The number of carbonyl (C=O) groups is 1. The van der Waals surface area contributed by atoms with Crippen molar-refractivity contribution in [3.8, 4) is 0 Å². The number of aromatic amines is 1. The fraction of sp³-hybridized carbons (Fsp3) is 0.692. The molecule has 102 valence electrons. The Morgan fingerprint density at radius 1 is 1.50 bits per heavy atom. The predicted molar refractivity (Wildman–Crippen MR) is 72.5 cm³/mol. The Hall–Kier alpha value is -1.36. The Bertz CT molecular complexity index is 333. The Morgan fingerprint density at radius 2 is 2.22 bits per heavy atom. The summed E-state index contributed by atoms with van der Waals surface area (Å²) in [6, 6.07) is 1.87. The van der Waals surface area contributed by atoms with Crippen LogP contribution in [0.25, 0.3) is 0 Å². The first-order chi connectivity index (χ1) is 8.67. The van der Waals surface area contributed by atoms with Gasteiger partial charge in [-0.15, -0.1) is 0 Å². The summed E-state index contributed by atoms with van der Waals surface area (Å²) in [6.07, 6.45) is 3.68. The molecule has 0 bridgehead atoms. The highest BCUT2D eigenvalue weighted by atomic mass is 16.2. The van der Waals surface area contributed by atoms with E-state index in [0.717, 1.165) is 32.5 Å². The van der Waals surface area contributed by atoms with Gasteiger partial charge in [0.15, 0.2) is 0 Å². The first-order valence-electron chi connectivity index (χ1n) is 6.70. The van der Waals surface area contributed by atoms with Gasteiger partial charge in [0.05, 0.1) is 0 Å². The van der Waals surface area contributed by atoms with E-state index in [2.05, 4.69) is 34.3 Å². The Labute approximate surface area is 109 Å². The number of hydrogen-bond donors (Lipinski definition) is 2. The van der Waals surface area contributed by atoms with E-state index in [9.17, 15) is 4.79 Å². The van der Waals surface area contributed by atoms with Crippen molar-refractivity contribution in [2.75, 3.05) is 19.6 Å². The molecule has 0 aromatic carbocycles. The van der Waals surface area contributed by atoms with Gasteiger partial charge in [-0.05, 0) is 45.5 Å². The molecule has 5 heteroatoms. The SMILES string of the molecule is CCN(CC)CCC[C@H](C)NC(=O)c1ccn[nH]1. The average molecular weight is 252 g/mol. The van der Waals surface area contributed by atoms with Gasteiger partial charge in [-0.25, -0.2) is 0 Å². The highest BCUT2D eigenvalue weighted by molar-refractivity contribution is 5.92. The van der Waals surface area contributed by atoms with Gasteiger partial charge in [0, 0.05) is 12.2 Å². The zero-order chi connectivity index (χ0) is 13.4. The molecule has 0 saturated carbocycles. The minimum atomic E-state index is -0.0807. The predicted octanol–water partition coefficient (Wildman–Crippen LogP) is 1.65. The lowest BCUT2D eigenvalue weighted by atomic mass is 10.1. The van der Waals surface area contributed by atoms with E-state index in [1.807, 2.05) is 6.92 Å². The van der Waals surface area contributed by atoms with Gasteiger partial charge >= 0.3 is 0 Å². The largest absolute Gasteiger partial charge is 0.348 e. The minimum absolute atomic E-state index is 0.0807. The van der Waals surface area contributed by atoms with Crippen LogP contribution in [-0.2, 0) is 0 Å². The van der Waals surface area contributed by atoms with Crippen molar-refractivity contribution in [1.29, 1.82) is 0 Å². The second kappa shape index (κ2) is 7.87. The van der Waals surface area contributed by atoms with Crippen molar-refractivity contribution in [2.24, 2.45) is 0 Å². The standard InChI is InChI=1S/C13H24N4O/c1-4-17(5-2)10-6-7-11(3)15-13(18)12-8-9-14-16-12/h8-9,11H,4-7,10H2,1-3H3,(H,14,16)(H,15,18)/t11-/m0/s1. The van der Waals surface area contributed by atoms with E-state index in [1.165, 1.54) is 0 Å². The molecule has 1 aromatic heterocycles. The second-order valence-electron chi connectivity index (χ2n) is 4.51. The highest BCUT2D eigenvalue weighted by Crippen LogP contribution is 2.01. The number of rotatable bonds is 8. The van der Waals surface area contributed by atoms with Crippen LogP contribution >= 0.6 is 0 Å². The van der Waals surface area contributed by atoms with E-state index in [1.54, 1.807) is 12.3 Å². The van der Waals surface area contributed by atoms with Crippen molar-refractivity contribution in [3.63, 3.8) is 0 Å². The topological polar surface area (TPSA) is 61.0 Å². The van der Waals surface area contributed by atoms with Crippen LogP contribution in [0.1, 0.15) is 44.1 Å². The zero-order valence-corrected chi connectivity index (χ0v) is 11.6. The summed E-state index contributed by atoms with van der Waals surface area (Å²) in [5, 5.41) is 9.39. The first kappa shape index (κ1) is 14.7. The Kier molecular flexibility index (Phi) is 6.43. The summed E-state index contributed by atoms with van der Waals surface area (Å²) in [7, 11) is 0. The monoisotopic (exact) mass is 252 g/mol. The van der Waals surface area contributed by atoms with Gasteiger partial charge in [0.2, 0.25) is 0 Å². The van der Waals surface area contributed by atoms with Crippen molar-refractivity contribution in [3.05, 3.63) is 18.0 Å². The van der Waals surface area contributed by atoms with Crippen molar-refractivity contribution in [1.82, 2.24) is 20.4 Å². The number of carbonyl (C=O) groups excluding carboxylic acids is 1. The number of amides is 1. The summed E-state index contributed by atoms with van der Waals surface area (Å²) in [5.41, 5.74) is 0.519. The third-order valence-electron chi connectivity index (χ3n) is 3.13. The molecular formula is C13H24N4O. The molecule has 0 spiro atoms. The molecular weight excluding hydrogens is 228 g/mol. The molecule has 0 unspecified atom stereocenters. The Morgan fingerprint density at radius 3 is 2.78 bits per heavy atom. The van der Waals surface area contributed by atoms with Crippen molar-refractivity contribution >= 4 is 5.91 Å². The first-order valence-corrected chi connectivity index (χ1v) is 6.70. The number of H-pyrrole nitrogens is 1. The van der Waals surface area contributed by atoms with E-state index >= 15 is 0 Å². The van der Waals surface area contributed by atoms with Gasteiger partial charge in [0.25, 0.3) is 5.91 Å². The highest BCUT2D eigenvalue weighted by Gasteiger charge is 2.10. The van der Waals surface area contributed by atoms with Crippen LogP contribution in [0, 0.1) is 0 Å². The molecule has 1 aromatic rings. The summed E-state index contributed by atoms with van der Waals surface area (Å²) in [4.78, 5) is 14.1. The second-order valence-corrected chi connectivity index (χ2v) is 4.51. The van der Waals surface area contributed by atoms with E-state index in [-0.39, 0.29) is 11.9 Å². The number of aromatic nitrogens is 2. The van der Waals surface area contributed by atoms with Gasteiger partial charge in [-0.1, -0.05) is 13.8 Å². The van der Waals surface area contributed by atoms with E-state index < -0.39 is 0 Å². The number of nitrogens with one attached hydrogen (secondary N) is 2. The van der Waals surface area contributed by atoms with Crippen LogP contribution in [-0.4, -0.2) is 46.7 Å². The third-order valence-corrected chi connectivity index (χ3v) is 3.13. The molecule has 0 radical (unpaired) electrons. The van der Waals surface area contributed by atoms with Gasteiger partial charge in [-0.3, -0.25) is 9.89 Å². The summed E-state index contributed by atoms with van der Waals surface area (Å²) < 4.78 is 0. The molecule has 0 saturated heterocycles. The molecule has 18 heavy (non-hydrogen) atoms. The molecule has 0 fully saturated rings. The van der Waals surface area contributed by atoms with Gasteiger partial charge in [0.1, 0.15) is 5.69 Å². The fourth-order valence-corrected chi connectivity index (χ4v) is 1.92. The summed E-state index contributed by atoms with van der Waals surface area (Å²) in [6.45, 7) is 9.66. The van der Waals surface area contributed by atoms with Gasteiger partial charge < -0.3 is 10.2 Å². The number of nitrogens with zero attached hydrogens (tertiary/aromatic N) is 2. The summed E-state index contributed by atoms with van der Waals surface area (Å²) in [5.74, 6) is -0.0807. The van der Waals surface area contributed by atoms with Crippen LogP contribution in [0.15, 0.2) is 12.3 Å². The molecule has 1 atom stereocenters. The lowest BCUT2D eigenvalue weighted by Crippen LogP contribution is -2.33. The van der Waals surface area contributed by atoms with Crippen LogP contribution in [0.4, 0.5) is 0 Å². The number of hydrogen-bond acceptors (Lipinski definition) is 3. The molecule has 2 N–H and O–H groups in total. The fourth-order valence-electron chi connectivity index (χ4n) is 1.92. The maximum atomic E-state index is 11.7. The molecule has 0 aliphatic rings. The molecule has 1 amide bonds. The normalized spacial score (nSPS) is 12.7. The van der Waals surface area contributed by atoms with Crippen LogP contribution in [0.2, 0.25) is 0 Å². The Balaban J connectivity index is 2.21. The maximum Gasteiger partial charge on any atom is 0.269 e. The van der Waals surface area contributed by atoms with Gasteiger partial charge in [-0.2, -0.15) is 5.10 Å². The zero-order valence-electron chi connectivity index (χ0n) is 11.6. The van der Waals surface area contributed by atoms with Crippen LogP contribution < -0.4 is 5.32 Å². The lowest BCUT2D eigenvalue weighted by molar-refractivity contribution is 0.0932. The molecule has 1 heterocycles. The third kappa shape index (κ3) is 4.87. The van der Waals surface area contributed by atoms with Crippen molar-refractivity contribution in [2.45, 2.75) is 39.7 Å². The minimum Gasteiger partial charge on any atom is -0.348 e. The molecule has 0 aliphatic heterocycles. The van der Waals surface area contributed by atoms with E-state index in [4.69, 9.17) is 0 Å². The van der Waals surface area contributed by atoms with E-state index in [0.29, 0.717) is 5.69 Å². The average Bonchev–Trinajstić information content (AvgIpc) is 2.88.